The van der Waals surface area contributed by atoms with Crippen LogP contribution in [0.2, 0.25) is 0 Å². The summed E-state index contributed by atoms with van der Waals surface area (Å²) in [4.78, 5) is 0. The summed E-state index contributed by atoms with van der Waals surface area (Å²) in [6, 6.07) is 0. The van der Waals surface area contributed by atoms with E-state index in [2.05, 4.69) is 26.1 Å². The van der Waals surface area contributed by atoms with Gasteiger partial charge in [-0.2, -0.15) is 0 Å². The van der Waals surface area contributed by atoms with Crippen LogP contribution in [0.5, 0.6) is 0 Å². The summed E-state index contributed by atoms with van der Waals surface area (Å²) in [7, 11) is 0. The first-order valence-electron chi connectivity index (χ1n) is 7.08. The summed E-state index contributed by atoms with van der Waals surface area (Å²) >= 11 is 0. The first-order chi connectivity index (χ1) is 8.14. The summed E-state index contributed by atoms with van der Waals surface area (Å²) in [6.07, 6.45) is 4.65. The topological polar surface area (TPSA) is 41.5 Å². The fraction of sp³-hybridized carbons (Fsp3) is 1.00. The highest BCUT2D eigenvalue weighted by atomic mass is 16.5. The third-order valence-corrected chi connectivity index (χ3v) is 3.57. The van der Waals surface area contributed by atoms with Gasteiger partial charge in [0.2, 0.25) is 0 Å². The predicted molar refractivity (Wildman–Crippen MR) is 71.1 cm³/mol. The number of nitrogens with one attached hydrogen (secondary N) is 1. The minimum absolute atomic E-state index is 0.174. The Morgan fingerprint density at radius 1 is 1.41 bits per heavy atom. The van der Waals surface area contributed by atoms with Crippen molar-refractivity contribution in [2.24, 2.45) is 11.8 Å². The third kappa shape index (κ3) is 4.94. The van der Waals surface area contributed by atoms with E-state index in [1.807, 2.05) is 0 Å². The van der Waals surface area contributed by atoms with E-state index in [0.29, 0.717) is 18.4 Å². The molecule has 2 N–H and O–H groups in total. The number of aliphatic hydroxyl groups excluding tert-OH is 1. The second-order valence-electron chi connectivity index (χ2n) is 5.75. The molecule has 1 saturated carbocycles. The van der Waals surface area contributed by atoms with Gasteiger partial charge in [-0.25, -0.2) is 0 Å². The molecule has 0 spiro atoms. The summed E-state index contributed by atoms with van der Waals surface area (Å²) in [5.74, 6) is 1.29. The molecule has 0 amide bonds. The van der Waals surface area contributed by atoms with Crippen molar-refractivity contribution in [3.8, 4) is 0 Å². The number of aliphatic hydroxyl groups is 1. The second-order valence-corrected chi connectivity index (χ2v) is 5.75. The van der Waals surface area contributed by atoms with E-state index in [-0.39, 0.29) is 12.1 Å². The lowest BCUT2D eigenvalue weighted by molar-refractivity contribution is 0.0203. The Morgan fingerprint density at radius 3 is 2.59 bits per heavy atom. The summed E-state index contributed by atoms with van der Waals surface area (Å²) < 4.78 is 5.78. The average molecular weight is 243 g/mol. The van der Waals surface area contributed by atoms with E-state index < -0.39 is 0 Å². The van der Waals surface area contributed by atoms with Crippen LogP contribution >= 0.6 is 0 Å². The number of hydrogen-bond acceptors (Lipinski definition) is 3. The van der Waals surface area contributed by atoms with Crippen LogP contribution in [0, 0.1) is 11.8 Å². The van der Waals surface area contributed by atoms with Crippen molar-refractivity contribution >= 4 is 0 Å². The fourth-order valence-corrected chi connectivity index (χ4v) is 2.13. The number of rotatable bonds is 10. The third-order valence-electron chi connectivity index (χ3n) is 3.57. The van der Waals surface area contributed by atoms with E-state index in [9.17, 15) is 5.11 Å². The molecule has 102 valence electrons. The maximum atomic E-state index is 9.68. The van der Waals surface area contributed by atoms with Gasteiger partial charge in [-0.15, -0.1) is 0 Å². The van der Waals surface area contributed by atoms with E-state index in [1.165, 1.54) is 12.8 Å². The summed E-state index contributed by atoms with van der Waals surface area (Å²) in [5.41, 5.74) is -0.174. The molecular formula is C14H29NO2. The van der Waals surface area contributed by atoms with Crippen molar-refractivity contribution in [1.82, 2.24) is 5.32 Å². The first kappa shape index (κ1) is 14.9. The number of hydrogen-bond donors (Lipinski definition) is 2. The van der Waals surface area contributed by atoms with Crippen molar-refractivity contribution in [2.45, 2.75) is 52.0 Å². The molecule has 1 aliphatic rings. The molecule has 1 fully saturated rings. The first-order valence-corrected chi connectivity index (χ1v) is 7.08. The van der Waals surface area contributed by atoms with Crippen molar-refractivity contribution in [3.05, 3.63) is 0 Å². The van der Waals surface area contributed by atoms with Gasteiger partial charge in [0, 0.05) is 6.61 Å². The van der Waals surface area contributed by atoms with Gasteiger partial charge in [-0.05, 0) is 44.1 Å². The molecule has 0 aromatic rings. The monoisotopic (exact) mass is 243 g/mol. The molecular weight excluding hydrogens is 214 g/mol. The quantitative estimate of drug-likeness (QED) is 0.578. The summed E-state index contributed by atoms with van der Waals surface area (Å²) in [6.45, 7) is 9.18. The van der Waals surface area contributed by atoms with Crippen LogP contribution in [0.15, 0.2) is 0 Å². The van der Waals surface area contributed by atoms with E-state index in [0.717, 1.165) is 26.0 Å². The minimum Gasteiger partial charge on any atom is -0.394 e. The predicted octanol–water partition coefficient (Wildman–Crippen LogP) is 2.19. The molecule has 3 nitrogen and oxygen atoms in total. The molecule has 0 saturated heterocycles. The normalized spacial score (nSPS) is 19.6. The van der Waals surface area contributed by atoms with E-state index in [1.54, 1.807) is 0 Å². The maximum absolute atomic E-state index is 9.68. The van der Waals surface area contributed by atoms with Gasteiger partial charge < -0.3 is 15.2 Å². The van der Waals surface area contributed by atoms with Gasteiger partial charge in [0.15, 0.2) is 0 Å². The van der Waals surface area contributed by atoms with Gasteiger partial charge in [0.25, 0.3) is 0 Å². The molecule has 1 rings (SSSR count). The summed E-state index contributed by atoms with van der Waals surface area (Å²) in [5, 5.41) is 13.2. The zero-order valence-electron chi connectivity index (χ0n) is 11.7. The lowest BCUT2D eigenvalue weighted by Gasteiger charge is -2.33. The molecule has 0 bridgehead atoms. The Morgan fingerprint density at radius 2 is 2.12 bits per heavy atom. The zero-order chi connectivity index (χ0) is 12.7. The molecule has 1 unspecified atom stereocenters. The van der Waals surface area contributed by atoms with Gasteiger partial charge in [-0.1, -0.05) is 20.8 Å². The largest absolute Gasteiger partial charge is 0.394 e. The molecule has 1 atom stereocenters. The van der Waals surface area contributed by atoms with Crippen LogP contribution in [0.25, 0.3) is 0 Å². The molecule has 0 heterocycles. The van der Waals surface area contributed by atoms with Crippen molar-refractivity contribution in [2.75, 3.05) is 26.4 Å². The maximum Gasteiger partial charge on any atom is 0.0679 e. The lowest BCUT2D eigenvalue weighted by Crippen LogP contribution is -2.54. The highest BCUT2D eigenvalue weighted by Crippen LogP contribution is 2.39. The zero-order valence-corrected chi connectivity index (χ0v) is 11.7. The van der Waals surface area contributed by atoms with E-state index in [4.69, 9.17) is 4.74 Å². The smallest absolute Gasteiger partial charge is 0.0679 e. The molecule has 0 radical (unpaired) electrons. The molecule has 0 aromatic heterocycles. The fourth-order valence-electron chi connectivity index (χ4n) is 2.13. The van der Waals surface area contributed by atoms with Gasteiger partial charge in [0.1, 0.15) is 0 Å². The van der Waals surface area contributed by atoms with Crippen LogP contribution < -0.4 is 5.32 Å². The van der Waals surface area contributed by atoms with Crippen molar-refractivity contribution in [3.63, 3.8) is 0 Å². The Hall–Kier alpha value is -0.120. The highest BCUT2D eigenvalue weighted by Gasteiger charge is 2.44. The van der Waals surface area contributed by atoms with Gasteiger partial charge in [0.05, 0.1) is 18.8 Å². The second kappa shape index (κ2) is 7.34. The average Bonchev–Trinajstić information content (AvgIpc) is 3.13. The molecule has 0 aliphatic heterocycles. The Bertz CT molecular complexity index is 204. The molecule has 3 heteroatoms. The SMILES string of the molecule is CCCNC(CO)(COCCC(C)C)C1CC1. The molecule has 17 heavy (non-hydrogen) atoms. The Kier molecular flexibility index (Phi) is 6.45. The standard InChI is InChI=1S/C14H29NO2/c1-4-8-15-14(10-16,13-5-6-13)11-17-9-7-12(2)3/h12-13,15-16H,4-11H2,1-3H3. The Labute approximate surface area is 106 Å². The van der Waals surface area contributed by atoms with Crippen LogP contribution in [0.3, 0.4) is 0 Å². The van der Waals surface area contributed by atoms with E-state index >= 15 is 0 Å². The molecule has 1 aliphatic carbocycles. The van der Waals surface area contributed by atoms with Crippen molar-refractivity contribution < 1.29 is 9.84 Å². The van der Waals surface area contributed by atoms with Crippen molar-refractivity contribution in [1.29, 1.82) is 0 Å². The highest BCUT2D eigenvalue weighted by molar-refractivity contribution is 5.00. The number of ether oxygens (including phenoxy) is 1. The minimum atomic E-state index is -0.174. The van der Waals surface area contributed by atoms with Gasteiger partial charge in [-0.3, -0.25) is 0 Å². The molecule has 0 aromatic carbocycles. The van der Waals surface area contributed by atoms with Crippen LogP contribution in [0.4, 0.5) is 0 Å². The van der Waals surface area contributed by atoms with Crippen LogP contribution in [0.1, 0.15) is 46.5 Å². The lowest BCUT2D eigenvalue weighted by atomic mass is 9.95. The van der Waals surface area contributed by atoms with Crippen LogP contribution in [-0.2, 0) is 4.74 Å². The Balaban J connectivity index is 2.34. The van der Waals surface area contributed by atoms with Gasteiger partial charge >= 0.3 is 0 Å². The van der Waals surface area contributed by atoms with Crippen LogP contribution in [-0.4, -0.2) is 37.0 Å².